The molecule has 0 saturated heterocycles. The lowest BCUT2D eigenvalue weighted by molar-refractivity contribution is 0.662. The van der Waals surface area contributed by atoms with E-state index in [1.54, 1.807) is 0 Å². The zero-order valence-corrected chi connectivity index (χ0v) is 9.32. The fraction of sp³-hybridized carbons (Fsp3) is 0.667. The Bertz CT molecular complexity index is 257. The molecule has 1 rings (SSSR count). The molecule has 0 bridgehead atoms. The van der Waals surface area contributed by atoms with Gasteiger partial charge in [0.1, 0.15) is 5.82 Å². The van der Waals surface area contributed by atoms with Crippen LogP contribution >= 0.6 is 11.8 Å². The summed E-state index contributed by atoms with van der Waals surface area (Å²) in [5, 5.41) is 3.15. The first-order chi connectivity index (χ1) is 6.29. The van der Waals surface area contributed by atoms with Crippen molar-refractivity contribution in [3.63, 3.8) is 0 Å². The van der Waals surface area contributed by atoms with Gasteiger partial charge < -0.3 is 9.88 Å². The summed E-state index contributed by atoms with van der Waals surface area (Å²) >= 11 is 1.87. The molecule has 4 heteroatoms. The SMILES string of the molecule is CNCc1cnc(C)n1CCSC. The third kappa shape index (κ3) is 2.74. The molecule has 0 spiro atoms. The van der Waals surface area contributed by atoms with Gasteiger partial charge in [0.05, 0.1) is 5.69 Å². The van der Waals surface area contributed by atoms with Crippen molar-refractivity contribution >= 4 is 11.8 Å². The summed E-state index contributed by atoms with van der Waals surface area (Å²) < 4.78 is 2.27. The van der Waals surface area contributed by atoms with Gasteiger partial charge in [-0.25, -0.2) is 4.98 Å². The Morgan fingerprint density at radius 2 is 2.38 bits per heavy atom. The zero-order valence-electron chi connectivity index (χ0n) is 8.50. The smallest absolute Gasteiger partial charge is 0.105 e. The Balaban J connectivity index is 2.69. The molecule has 0 aliphatic carbocycles. The highest BCUT2D eigenvalue weighted by Gasteiger charge is 2.04. The molecule has 0 amide bonds. The molecule has 0 aliphatic rings. The fourth-order valence-electron chi connectivity index (χ4n) is 1.33. The van der Waals surface area contributed by atoms with Crippen LogP contribution in [-0.4, -0.2) is 28.6 Å². The first-order valence-corrected chi connectivity index (χ1v) is 5.83. The summed E-state index contributed by atoms with van der Waals surface area (Å²) in [7, 11) is 1.96. The third-order valence-corrected chi connectivity index (χ3v) is 2.61. The first kappa shape index (κ1) is 10.6. The molecule has 1 N–H and O–H groups in total. The summed E-state index contributed by atoms with van der Waals surface area (Å²) in [5.41, 5.74) is 1.27. The number of nitrogens with zero attached hydrogens (tertiary/aromatic N) is 2. The number of rotatable bonds is 5. The standard InChI is InChI=1S/C9H17N3S/c1-8-11-7-9(6-10-2)12(8)4-5-13-3/h7,10H,4-6H2,1-3H3. The largest absolute Gasteiger partial charge is 0.330 e. The molecule has 1 aromatic rings. The highest BCUT2D eigenvalue weighted by molar-refractivity contribution is 7.98. The molecule has 3 nitrogen and oxygen atoms in total. The van der Waals surface area contributed by atoms with Gasteiger partial charge in [0, 0.05) is 25.0 Å². The summed E-state index contributed by atoms with van der Waals surface area (Å²) in [6.45, 7) is 4.01. The second-order valence-corrected chi connectivity index (χ2v) is 3.96. The number of hydrogen-bond donors (Lipinski definition) is 1. The van der Waals surface area contributed by atoms with Crippen LogP contribution in [0.1, 0.15) is 11.5 Å². The Labute approximate surface area is 83.9 Å². The van der Waals surface area contributed by atoms with E-state index in [0.29, 0.717) is 0 Å². The number of thioether (sulfide) groups is 1. The topological polar surface area (TPSA) is 29.9 Å². The lowest BCUT2D eigenvalue weighted by Gasteiger charge is -2.08. The number of aromatic nitrogens is 2. The van der Waals surface area contributed by atoms with Gasteiger partial charge in [-0.1, -0.05) is 0 Å². The van der Waals surface area contributed by atoms with Crippen LogP contribution in [0.4, 0.5) is 0 Å². The van der Waals surface area contributed by atoms with E-state index in [2.05, 4.69) is 28.0 Å². The van der Waals surface area contributed by atoms with Crippen molar-refractivity contribution in [1.29, 1.82) is 0 Å². The van der Waals surface area contributed by atoms with Gasteiger partial charge in [-0.05, 0) is 20.2 Å². The fourth-order valence-corrected chi connectivity index (χ4v) is 1.69. The summed E-state index contributed by atoms with van der Waals surface area (Å²) in [6.07, 6.45) is 4.08. The highest BCUT2D eigenvalue weighted by atomic mass is 32.2. The maximum Gasteiger partial charge on any atom is 0.105 e. The molecular formula is C9H17N3S. The van der Waals surface area contributed by atoms with Gasteiger partial charge in [0.25, 0.3) is 0 Å². The van der Waals surface area contributed by atoms with Crippen molar-refractivity contribution in [2.45, 2.75) is 20.0 Å². The van der Waals surface area contributed by atoms with E-state index >= 15 is 0 Å². The predicted octanol–water partition coefficient (Wildman–Crippen LogP) is 1.27. The molecule has 0 saturated carbocycles. The van der Waals surface area contributed by atoms with Gasteiger partial charge in [-0.3, -0.25) is 0 Å². The molecule has 74 valence electrons. The Morgan fingerprint density at radius 3 is 3.00 bits per heavy atom. The molecule has 1 heterocycles. The van der Waals surface area contributed by atoms with Crippen LogP contribution in [0, 0.1) is 6.92 Å². The molecule has 0 aromatic carbocycles. The van der Waals surface area contributed by atoms with E-state index in [1.165, 1.54) is 5.69 Å². The van der Waals surface area contributed by atoms with E-state index in [0.717, 1.165) is 24.7 Å². The maximum atomic E-state index is 4.30. The number of nitrogens with one attached hydrogen (secondary N) is 1. The van der Waals surface area contributed by atoms with Gasteiger partial charge in [-0.2, -0.15) is 11.8 Å². The van der Waals surface area contributed by atoms with Crippen LogP contribution in [0.15, 0.2) is 6.20 Å². The van der Waals surface area contributed by atoms with Crippen molar-refractivity contribution in [1.82, 2.24) is 14.9 Å². The van der Waals surface area contributed by atoms with Crippen LogP contribution in [-0.2, 0) is 13.1 Å². The van der Waals surface area contributed by atoms with Crippen LogP contribution in [0.2, 0.25) is 0 Å². The van der Waals surface area contributed by atoms with Gasteiger partial charge in [0.15, 0.2) is 0 Å². The van der Waals surface area contributed by atoms with Crippen molar-refractivity contribution < 1.29 is 0 Å². The van der Waals surface area contributed by atoms with E-state index in [9.17, 15) is 0 Å². The Hall–Kier alpha value is -0.480. The quantitative estimate of drug-likeness (QED) is 0.774. The van der Waals surface area contributed by atoms with E-state index in [4.69, 9.17) is 0 Å². The van der Waals surface area contributed by atoms with Crippen LogP contribution in [0.5, 0.6) is 0 Å². The van der Waals surface area contributed by atoms with E-state index in [-0.39, 0.29) is 0 Å². The molecule has 1 aromatic heterocycles. The van der Waals surface area contributed by atoms with Gasteiger partial charge in [0.2, 0.25) is 0 Å². The lowest BCUT2D eigenvalue weighted by Crippen LogP contribution is -2.13. The normalized spacial score (nSPS) is 10.7. The van der Waals surface area contributed by atoms with Gasteiger partial charge in [-0.15, -0.1) is 0 Å². The van der Waals surface area contributed by atoms with E-state index in [1.807, 2.05) is 25.0 Å². The van der Waals surface area contributed by atoms with Crippen molar-refractivity contribution in [3.05, 3.63) is 17.7 Å². The summed E-state index contributed by atoms with van der Waals surface area (Å²) in [4.78, 5) is 4.30. The highest BCUT2D eigenvalue weighted by Crippen LogP contribution is 2.06. The number of imidazole rings is 1. The molecule has 0 atom stereocenters. The van der Waals surface area contributed by atoms with Crippen molar-refractivity contribution in [2.24, 2.45) is 0 Å². The molecule has 13 heavy (non-hydrogen) atoms. The maximum absolute atomic E-state index is 4.30. The number of hydrogen-bond acceptors (Lipinski definition) is 3. The monoisotopic (exact) mass is 199 g/mol. The van der Waals surface area contributed by atoms with E-state index < -0.39 is 0 Å². The van der Waals surface area contributed by atoms with Crippen molar-refractivity contribution in [3.8, 4) is 0 Å². The van der Waals surface area contributed by atoms with Crippen LogP contribution in [0.3, 0.4) is 0 Å². The molecule has 0 unspecified atom stereocenters. The Kier molecular flexibility index (Phi) is 4.32. The van der Waals surface area contributed by atoms with Crippen molar-refractivity contribution in [2.75, 3.05) is 19.1 Å². The average molecular weight is 199 g/mol. The minimum atomic E-state index is 0.898. The third-order valence-electron chi connectivity index (χ3n) is 2.01. The second kappa shape index (κ2) is 5.29. The summed E-state index contributed by atoms with van der Waals surface area (Å²) in [5.74, 6) is 2.26. The average Bonchev–Trinajstić information content (AvgIpc) is 2.45. The first-order valence-electron chi connectivity index (χ1n) is 4.44. The Morgan fingerprint density at radius 1 is 1.62 bits per heavy atom. The molecule has 0 aliphatic heterocycles. The van der Waals surface area contributed by atoms with Gasteiger partial charge >= 0.3 is 0 Å². The molecular weight excluding hydrogens is 182 g/mol. The summed E-state index contributed by atoms with van der Waals surface area (Å²) in [6, 6.07) is 0. The minimum Gasteiger partial charge on any atom is -0.330 e. The molecule has 0 radical (unpaired) electrons. The minimum absolute atomic E-state index is 0.898. The van der Waals surface area contributed by atoms with Crippen LogP contribution < -0.4 is 5.32 Å². The molecule has 0 fully saturated rings. The zero-order chi connectivity index (χ0) is 9.68. The second-order valence-electron chi connectivity index (χ2n) is 2.97. The van der Waals surface area contributed by atoms with Crippen LogP contribution in [0.25, 0.3) is 0 Å². The number of aryl methyl sites for hydroxylation is 1. The predicted molar refractivity (Wildman–Crippen MR) is 58.1 cm³/mol. The lowest BCUT2D eigenvalue weighted by atomic mass is 10.4.